The van der Waals surface area contributed by atoms with Crippen LogP contribution in [0.25, 0.3) is 0 Å². The summed E-state index contributed by atoms with van der Waals surface area (Å²) in [6, 6.07) is 0.0339. The summed E-state index contributed by atoms with van der Waals surface area (Å²) in [4.78, 5) is 11.9. The van der Waals surface area contributed by atoms with Gasteiger partial charge in [-0.15, -0.1) is 0 Å². The minimum absolute atomic E-state index is 0.0339. The Morgan fingerprint density at radius 3 is 2.43 bits per heavy atom. The molecule has 1 aliphatic rings. The van der Waals surface area contributed by atoms with Gasteiger partial charge in [-0.05, 0) is 47.0 Å². The van der Waals surface area contributed by atoms with Crippen molar-refractivity contribution < 1.29 is 18.3 Å². The van der Waals surface area contributed by atoms with Crippen LogP contribution in [0.15, 0.2) is 4.90 Å². The lowest BCUT2D eigenvalue weighted by Crippen LogP contribution is -2.52. The van der Waals surface area contributed by atoms with Gasteiger partial charge in [-0.1, -0.05) is 6.92 Å². The first-order valence-corrected chi connectivity index (χ1v) is 9.35. The van der Waals surface area contributed by atoms with E-state index in [1.807, 2.05) is 13.8 Å². The Balaban J connectivity index is 2.62. The van der Waals surface area contributed by atoms with Crippen LogP contribution in [0.4, 0.5) is 0 Å². The van der Waals surface area contributed by atoms with Gasteiger partial charge in [0.2, 0.25) is 10.0 Å². The lowest BCUT2D eigenvalue weighted by atomic mass is 9.95. The van der Waals surface area contributed by atoms with Gasteiger partial charge < -0.3 is 5.11 Å². The van der Waals surface area contributed by atoms with Crippen molar-refractivity contribution in [2.75, 3.05) is 6.54 Å². The van der Waals surface area contributed by atoms with Gasteiger partial charge in [0, 0.05) is 12.6 Å². The van der Waals surface area contributed by atoms with Gasteiger partial charge in [-0.3, -0.25) is 9.48 Å². The summed E-state index contributed by atoms with van der Waals surface area (Å²) in [5.41, 5.74) is -0.379. The summed E-state index contributed by atoms with van der Waals surface area (Å²) < 4.78 is 29.2. The molecular formula is C15H25N3O4S. The van der Waals surface area contributed by atoms with Crippen molar-refractivity contribution in [1.29, 1.82) is 0 Å². The molecule has 1 aliphatic heterocycles. The Labute approximate surface area is 137 Å². The minimum atomic E-state index is -3.91. The quantitative estimate of drug-likeness (QED) is 0.884. The third kappa shape index (κ3) is 2.57. The SMILES string of the molecule is CCC1(C(=O)O)CCCN1S(=O)(=O)c1c(C)nn(C(C)C)c1C. The molecule has 1 aromatic heterocycles. The fraction of sp³-hybridized carbons (Fsp3) is 0.733. The Kier molecular flexibility index (Phi) is 4.60. The number of carboxylic acid groups (broad SMARTS) is 1. The molecule has 8 heteroatoms. The van der Waals surface area contributed by atoms with Gasteiger partial charge in [-0.2, -0.15) is 9.40 Å². The number of carboxylic acids is 1. The van der Waals surface area contributed by atoms with Crippen molar-refractivity contribution >= 4 is 16.0 Å². The minimum Gasteiger partial charge on any atom is -0.480 e. The molecule has 130 valence electrons. The monoisotopic (exact) mass is 343 g/mol. The number of carbonyl (C=O) groups is 1. The lowest BCUT2D eigenvalue weighted by Gasteiger charge is -2.32. The highest BCUT2D eigenvalue weighted by Crippen LogP contribution is 2.39. The molecule has 0 amide bonds. The molecule has 2 rings (SSSR count). The number of aliphatic carboxylic acids is 1. The summed E-state index contributed by atoms with van der Waals surface area (Å²) in [5, 5.41) is 14.0. The number of nitrogens with zero attached hydrogens (tertiary/aromatic N) is 3. The average molecular weight is 343 g/mol. The van der Waals surface area contributed by atoms with Crippen molar-refractivity contribution in [3.63, 3.8) is 0 Å². The number of aryl methyl sites for hydroxylation is 1. The zero-order valence-corrected chi connectivity index (χ0v) is 15.1. The standard InChI is InChI=1S/C15H25N3O4S/c1-6-15(14(19)20)8-7-9-17(15)23(21,22)13-11(4)16-18(10(2)3)12(13)5/h10H,6-9H2,1-5H3,(H,19,20). The summed E-state index contributed by atoms with van der Waals surface area (Å²) in [7, 11) is -3.91. The Morgan fingerprint density at radius 1 is 1.39 bits per heavy atom. The van der Waals surface area contributed by atoms with Gasteiger partial charge in [-0.25, -0.2) is 8.42 Å². The molecule has 0 bridgehead atoms. The molecule has 1 unspecified atom stereocenters. The number of aromatic nitrogens is 2. The highest BCUT2D eigenvalue weighted by atomic mass is 32.2. The van der Waals surface area contributed by atoms with Crippen molar-refractivity contribution in [3.05, 3.63) is 11.4 Å². The molecule has 1 aromatic rings. The summed E-state index contributed by atoms with van der Waals surface area (Å²) in [6.07, 6.45) is 1.14. The van der Waals surface area contributed by atoms with Crippen LogP contribution in [0.5, 0.6) is 0 Å². The molecule has 1 atom stereocenters. The predicted octanol–water partition coefficient (Wildman–Crippen LogP) is 2.10. The molecule has 0 radical (unpaired) electrons. The number of hydrogen-bond donors (Lipinski definition) is 1. The topological polar surface area (TPSA) is 92.5 Å². The fourth-order valence-electron chi connectivity index (χ4n) is 3.56. The van der Waals surface area contributed by atoms with Crippen molar-refractivity contribution in [2.24, 2.45) is 0 Å². The molecule has 0 saturated carbocycles. The Hall–Kier alpha value is -1.41. The van der Waals surface area contributed by atoms with E-state index in [-0.39, 0.29) is 23.9 Å². The molecule has 0 spiro atoms. The number of hydrogen-bond acceptors (Lipinski definition) is 4. The van der Waals surface area contributed by atoms with Crippen molar-refractivity contribution in [1.82, 2.24) is 14.1 Å². The predicted molar refractivity (Wildman–Crippen MR) is 85.9 cm³/mol. The van der Waals surface area contributed by atoms with E-state index in [2.05, 4.69) is 5.10 Å². The lowest BCUT2D eigenvalue weighted by molar-refractivity contribution is -0.147. The molecule has 23 heavy (non-hydrogen) atoms. The first-order chi connectivity index (χ1) is 10.6. The first-order valence-electron chi connectivity index (χ1n) is 7.91. The highest BCUT2D eigenvalue weighted by Gasteiger charge is 2.53. The molecule has 2 heterocycles. The normalized spacial score (nSPS) is 22.9. The number of sulfonamides is 1. The maximum atomic E-state index is 13.2. The Morgan fingerprint density at radius 2 is 2.00 bits per heavy atom. The highest BCUT2D eigenvalue weighted by molar-refractivity contribution is 7.89. The van der Waals surface area contributed by atoms with E-state index in [1.165, 1.54) is 4.31 Å². The van der Waals surface area contributed by atoms with Crippen LogP contribution in [0.3, 0.4) is 0 Å². The summed E-state index contributed by atoms with van der Waals surface area (Å²) in [6.45, 7) is 9.19. The van der Waals surface area contributed by atoms with E-state index in [4.69, 9.17) is 0 Å². The van der Waals surface area contributed by atoms with Gasteiger partial charge in [0.15, 0.2) is 0 Å². The average Bonchev–Trinajstić information content (AvgIpc) is 3.01. The van der Waals surface area contributed by atoms with Crippen LogP contribution in [-0.2, 0) is 14.8 Å². The van der Waals surface area contributed by atoms with Crippen LogP contribution in [-0.4, -0.2) is 45.7 Å². The van der Waals surface area contributed by atoms with Crippen LogP contribution in [0.1, 0.15) is 57.5 Å². The fourth-order valence-corrected chi connectivity index (χ4v) is 5.79. The summed E-state index contributed by atoms with van der Waals surface area (Å²) >= 11 is 0. The Bertz CT molecular complexity index is 723. The third-order valence-electron chi connectivity index (χ3n) is 4.71. The van der Waals surface area contributed by atoms with Crippen LogP contribution in [0.2, 0.25) is 0 Å². The smallest absolute Gasteiger partial charge is 0.325 e. The van der Waals surface area contributed by atoms with E-state index in [0.717, 1.165) is 0 Å². The van der Waals surface area contributed by atoms with Crippen molar-refractivity contribution in [2.45, 2.75) is 70.4 Å². The first kappa shape index (κ1) is 17.9. The third-order valence-corrected chi connectivity index (χ3v) is 6.93. The van der Waals surface area contributed by atoms with Crippen LogP contribution >= 0.6 is 0 Å². The summed E-state index contributed by atoms with van der Waals surface area (Å²) in [5.74, 6) is -1.08. The second-order valence-electron chi connectivity index (χ2n) is 6.41. The van der Waals surface area contributed by atoms with Crippen LogP contribution < -0.4 is 0 Å². The van der Waals surface area contributed by atoms with E-state index >= 15 is 0 Å². The van der Waals surface area contributed by atoms with Gasteiger partial charge in [0.05, 0.1) is 11.4 Å². The molecule has 7 nitrogen and oxygen atoms in total. The second-order valence-corrected chi connectivity index (χ2v) is 8.21. The molecule has 1 saturated heterocycles. The zero-order chi connectivity index (χ0) is 17.6. The van der Waals surface area contributed by atoms with Crippen LogP contribution in [0, 0.1) is 13.8 Å². The molecule has 0 aromatic carbocycles. The molecule has 1 fully saturated rings. The molecule has 0 aliphatic carbocycles. The van der Waals surface area contributed by atoms with Gasteiger partial charge >= 0.3 is 5.97 Å². The van der Waals surface area contributed by atoms with E-state index in [0.29, 0.717) is 24.2 Å². The van der Waals surface area contributed by atoms with Crippen molar-refractivity contribution in [3.8, 4) is 0 Å². The largest absolute Gasteiger partial charge is 0.480 e. The number of rotatable bonds is 5. The van der Waals surface area contributed by atoms with E-state index in [1.54, 1.807) is 25.5 Å². The molecular weight excluding hydrogens is 318 g/mol. The van der Waals surface area contributed by atoms with Gasteiger partial charge in [0.1, 0.15) is 10.4 Å². The molecule has 1 N–H and O–H groups in total. The maximum Gasteiger partial charge on any atom is 0.325 e. The zero-order valence-electron chi connectivity index (χ0n) is 14.3. The van der Waals surface area contributed by atoms with E-state index < -0.39 is 21.5 Å². The second kappa shape index (κ2) is 5.90. The van der Waals surface area contributed by atoms with E-state index in [9.17, 15) is 18.3 Å². The van der Waals surface area contributed by atoms with Gasteiger partial charge in [0.25, 0.3) is 0 Å². The maximum absolute atomic E-state index is 13.2.